The van der Waals surface area contributed by atoms with Gasteiger partial charge in [-0.25, -0.2) is 0 Å². The van der Waals surface area contributed by atoms with Gasteiger partial charge in [0.2, 0.25) is 0 Å². The molecule has 92 valence electrons. The van der Waals surface area contributed by atoms with Crippen LogP contribution >= 0.6 is 0 Å². The molecule has 4 nitrogen and oxygen atoms in total. The van der Waals surface area contributed by atoms with E-state index in [0.29, 0.717) is 22.6 Å². The highest BCUT2D eigenvalue weighted by molar-refractivity contribution is 6.08. The molecule has 18 heavy (non-hydrogen) atoms. The molecule has 0 saturated heterocycles. The molecule has 2 aromatic rings. The first-order chi connectivity index (χ1) is 8.58. The van der Waals surface area contributed by atoms with Crippen molar-refractivity contribution in [3.8, 4) is 0 Å². The van der Waals surface area contributed by atoms with Gasteiger partial charge in [0.25, 0.3) is 5.91 Å². The number of carbonyl (C=O) groups excluding carboxylic acids is 1. The fourth-order valence-corrected chi connectivity index (χ4v) is 1.69. The Morgan fingerprint density at radius 3 is 2.44 bits per heavy atom. The van der Waals surface area contributed by atoms with Crippen LogP contribution in [-0.2, 0) is 0 Å². The number of hydrogen-bond donors (Lipinski definition) is 3. The Bertz CT molecular complexity index is 593. The SMILES string of the molecule is Cc1ccc(NC(=O)c2ccccc2N)c(N)c1. The monoisotopic (exact) mass is 241 g/mol. The molecule has 0 unspecified atom stereocenters. The maximum atomic E-state index is 12.0. The molecule has 2 rings (SSSR count). The van der Waals surface area contributed by atoms with Crippen LogP contribution in [0.4, 0.5) is 17.1 Å². The Hall–Kier alpha value is -2.49. The summed E-state index contributed by atoms with van der Waals surface area (Å²) in [6.07, 6.45) is 0. The molecule has 0 fully saturated rings. The third-order valence-electron chi connectivity index (χ3n) is 2.66. The number of nitrogens with two attached hydrogens (primary N) is 2. The van der Waals surface area contributed by atoms with Gasteiger partial charge in [0.15, 0.2) is 0 Å². The van der Waals surface area contributed by atoms with Gasteiger partial charge in [-0.15, -0.1) is 0 Å². The van der Waals surface area contributed by atoms with E-state index in [2.05, 4.69) is 5.32 Å². The standard InChI is InChI=1S/C14H15N3O/c1-9-6-7-13(12(16)8-9)17-14(18)10-4-2-3-5-11(10)15/h2-8H,15-16H2,1H3,(H,17,18). The quantitative estimate of drug-likeness (QED) is 0.706. The number of para-hydroxylation sites is 1. The highest BCUT2D eigenvalue weighted by Gasteiger charge is 2.10. The number of anilines is 3. The Balaban J connectivity index is 2.24. The fourth-order valence-electron chi connectivity index (χ4n) is 1.69. The van der Waals surface area contributed by atoms with Gasteiger partial charge in [-0.3, -0.25) is 4.79 Å². The van der Waals surface area contributed by atoms with Crippen molar-refractivity contribution >= 4 is 23.0 Å². The number of aryl methyl sites for hydroxylation is 1. The molecule has 0 aromatic heterocycles. The molecule has 0 heterocycles. The lowest BCUT2D eigenvalue weighted by Gasteiger charge is -2.10. The molecule has 0 bridgehead atoms. The summed E-state index contributed by atoms with van der Waals surface area (Å²) in [5, 5.41) is 2.75. The summed E-state index contributed by atoms with van der Waals surface area (Å²) in [5.41, 5.74) is 14.6. The zero-order chi connectivity index (χ0) is 13.1. The number of nitrogens with one attached hydrogen (secondary N) is 1. The van der Waals surface area contributed by atoms with Crippen molar-refractivity contribution in [3.05, 3.63) is 53.6 Å². The predicted molar refractivity (Wildman–Crippen MR) is 74.4 cm³/mol. The Morgan fingerprint density at radius 1 is 1.06 bits per heavy atom. The second-order valence-corrected chi connectivity index (χ2v) is 4.13. The third kappa shape index (κ3) is 2.43. The van der Waals surface area contributed by atoms with Gasteiger partial charge >= 0.3 is 0 Å². The van der Waals surface area contributed by atoms with Crippen LogP contribution in [0.2, 0.25) is 0 Å². The van der Waals surface area contributed by atoms with E-state index in [0.717, 1.165) is 5.56 Å². The van der Waals surface area contributed by atoms with Crippen LogP contribution in [-0.4, -0.2) is 5.91 Å². The molecule has 0 atom stereocenters. The summed E-state index contributed by atoms with van der Waals surface area (Å²) >= 11 is 0. The van der Waals surface area contributed by atoms with Gasteiger partial charge in [0.1, 0.15) is 0 Å². The summed E-state index contributed by atoms with van der Waals surface area (Å²) in [7, 11) is 0. The molecular weight excluding hydrogens is 226 g/mol. The minimum Gasteiger partial charge on any atom is -0.398 e. The summed E-state index contributed by atoms with van der Waals surface area (Å²) in [4.78, 5) is 12.0. The second kappa shape index (κ2) is 4.79. The third-order valence-corrected chi connectivity index (χ3v) is 2.66. The van der Waals surface area contributed by atoms with Gasteiger partial charge in [0.05, 0.1) is 16.9 Å². The number of rotatable bonds is 2. The molecule has 0 aliphatic heterocycles. The molecule has 0 radical (unpaired) electrons. The first-order valence-electron chi connectivity index (χ1n) is 5.60. The van der Waals surface area contributed by atoms with Gasteiger partial charge < -0.3 is 16.8 Å². The van der Waals surface area contributed by atoms with Crippen molar-refractivity contribution in [1.29, 1.82) is 0 Å². The zero-order valence-electron chi connectivity index (χ0n) is 10.1. The average Bonchev–Trinajstić information content (AvgIpc) is 2.33. The van der Waals surface area contributed by atoms with Crippen molar-refractivity contribution in [2.75, 3.05) is 16.8 Å². The van der Waals surface area contributed by atoms with Crippen LogP contribution in [0.15, 0.2) is 42.5 Å². The lowest BCUT2D eigenvalue weighted by atomic mass is 10.1. The minimum atomic E-state index is -0.261. The average molecular weight is 241 g/mol. The van der Waals surface area contributed by atoms with Crippen LogP contribution in [0.3, 0.4) is 0 Å². The minimum absolute atomic E-state index is 0.261. The highest BCUT2D eigenvalue weighted by Crippen LogP contribution is 2.21. The van der Waals surface area contributed by atoms with E-state index in [-0.39, 0.29) is 5.91 Å². The van der Waals surface area contributed by atoms with Gasteiger partial charge in [0, 0.05) is 5.69 Å². The van der Waals surface area contributed by atoms with Gasteiger partial charge in [-0.2, -0.15) is 0 Å². The van der Waals surface area contributed by atoms with Crippen molar-refractivity contribution < 1.29 is 4.79 Å². The molecule has 0 aliphatic rings. The highest BCUT2D eigenvalue weighted by atomic mass is 16.1. The van der Waals surface area contributed by atoms with Gasteiger partial charge in [-0.05, 0) is 36.8 Å². The lowest BCUT2D eigenvalue weighted by molar-refractivity contribution is 0.102. The molecule has 1 amide bonds. The topological polar surface area (TPSA) is 81.1 Å². The van der Waals surface area contributed by atoms with Crippen LogP contribution in [0.5, 0.6) is 0 Å². The number of nitrogen functional groups attached to an aromatic ring is 2. The number of carbonyl (C=O) groups is 1. The normalized spacial score (nSPS) is 10.1. The fraction of sp³-hybridized carbons (Fsp3) is 0.0714. The summed E-state index contributed by atoms with van der Waals surface area (Å²) < 4.78 is 0. The van der Waals surface area contributed by atoms with Crippen molar-refractivity contribution in [3.63, 3.8) is 0 Å². The van der Waals surface area contributed by atoms with Crippen molar-refractivity contribution in [1.82, 2.24) is 0 Å². The lowest BCUT2D eigenvalue weighted by Crippen LogP contribution is -2.15. The summed E-state index contributed by atoms with van der Waals surface area (Å²) in [6, 6.07) is 12.4. The van der Waals surface area contributed by atoms with E-state index in [9.17, 15) is 4.79 Å². The second-order valence-electron chi connectivity index (χ2n) is 4.13. The Labute approximate surface area is 106 Å². The molecule has 5 N–H and O–H groups in total. The predicted octanol–water partition coefficient (Wildman–Crippen LogP) is 2.41. The molecular formula is C14H15N3O. The van der Waals surface area contributed by atoms with Crippen LogP contribution < -0.4 is 16.8 Å². The summed E-state index contributed by atoms with van der Waals surface area (Å²) in [5.74, 6) is -0.261. The Morgan fingerprint density at radius 2 is 1.78 bits per heavy atom. The molecule has 0 spiro atoms. The van der Waals surface area contributed by atoms with E-state index in [1.807, 2.05) is 19.1 Å². The smallest absolute Gasteiger partial charge is 0.257 e. The van der Waals surface area contributed by atoms with E-state index >= 15 is 0 Å². The van der Waals surface area contributed by atoms with Crippen LogP contribution in [0.1, 0.15) is 15.9 Å². The number of amides is 1. The zero-order valence-corrected chi connectivity index (χ0v) is 10.1. The molecule has 4 heteroatoms. The Kier molecular flexibility index (Phi) is 3.19. The van der Waals surface area contributed by atoms with Crippen LogP contribution in [0.25, 0.3) is 0 Å². The molecule has 0 saturated carbocycles. The summed E-state index contributed by atoms with van der Waals surface area (Å²) in [6.45, 7) is 1.94. The van der Waals surface area contributed by atoms with E-state index in [4.69, 9.17) is 11.5 Å². The van der Waals surface area contributed by atoms with Crippen LogP contribution in [0, 0.1) is 6.92 Å². The largest absolute Gasteiger partial charge is 0.398 e. The first kappa shape index (κ1) is 12.0. The van der Waals surface area contributed by atoms with Gasteiger partial charge in [-0.1, -0.05) is 18.2 Å². The molecule has 2 aromatic carbocycles. The van der Waals surface area contributed by atoms with E-state index in [1.165, 1.54) is 0 Å². The maximum absolute atomic E-state index is 12.0. The van der Waals surface area contributed by atoms with E-state index < -0.39 is 0 Å². The van der Waals surface area contributed by atoms with Crippen molar-refractivity contribution in [2.45, 2.75) is 6.92 Å². The first-order valence-corrected chi connectivity index (χ1v) is 5.60. The van der Waals surface area contributed by atoms with E-state index in [1.54, 1.807) is 30.3 Å². The molecule has 0 aliphatic carbocycles. The van der Waals surface area contributed by atoms with Crippen molar-refractivity contribution in [2.24, 2.45) is 0 Å². The maximum Gasteiger partial charge on any atom is 0.257 e. The number of hydrogen-bond acceptors (Lipinski definition) is 3. The number of benzene rings is 2.